The van der Waals surface area contributed by atoms with E-state index in [2.05, 4.69) is 57.1 Å². The van der Waals surface area contributed by atoms with Crippen molar-refractivity contribution in [2.75, 3.05) is 17.6 Å². The van der Waals surface area contributed by atoms with Crippen LogP contribution in [0, 0.1) is 0 Å². The molecule has 0 bridgehead atoms. The SMILES string of the molecule is O=C(CCS)Nc1ncc2c(n1)CCN(Cc1ccccc1)C2. The van der Waals surface area contributed by atoms with Gasteiger partial charge in [0.1, 0.15) is 0 Å². The van der Waals surface area contributed by atoms with Crippen molar-refractivity contribution in [2.24, 2.45) is 0 Å². The topological polar surface area (TPSA) is 58.1 Å². The Bertz CT molecular complexity index is 678. The number of thiol groups is 1. The summed E-state index contributed by atoms with van der Waals surface area (Å²) in [5, 5.41) is 2.72. The number of aromatic nitrogens is 2. The molecule has 0 spiro atoms. The van der Waals surface area contributed by atoms with Gasteiger partial charge in [0.2, 0.25) is 11.9 Å². The lowest BCUT2D eigenvalue weighted by Crippen LogP contribution is -2.31. The van der Waals surface area contributed by atoms with Crippen LogP contribution < -0.4 is 5.32 Å². The molecule has 0 atom stereocenters. The fraction of sp³-hybridized carbons (Fsp3) is 0.353. The van der Waals surface area contributed by atoms with E-state index in [4.69, 9.17) is 0 Å². The van der Waals surface area contributed by atoms with Gasteiger partial charge in [0.25, 0.3) is 0 Å². The first kappa shape index (κ1) is 16.0. The zero-order valence-electron chi connectivity index (χ0n) is 12.9. The van der Waals surface area contributed by atoms with Crippen LogP contribution in [-0.2, 0) is 24.3 Å². The Kier molecular flexibility index (Phi) is 5.25. The highest BCUT2D eigenvalue weighted by molar-refractivity contribution is 7.80. The van der Waals surface area contributed by atoms with Gasteiger partial charge in [-0.15, -0.1) is 0 Å². The Morgan fingerprint density at radius 3 is 2.91 bits per heavy atom. The van der Waals surface area contributed by atoms with Crippen molar-refractivity contribution in [3.63, 3.8) is 0 Å². The van der Waals surface area contributed by atoms with Gasteiger partial charge < -0.3 is 0 Å². The molecule has 0 unspecified atom stereocenters. The zero-order chi connectivity index (χ0) is 16.1. The molecule has 0 saturated carbocycles. The molecule has 6 heteroatoms. The van der Waals surface area contributed by atoms with E-state index in [1.807, 2.05) is 12.3 Å². The fourth-order valence-corrected chi connectivity index (χ4v) is 2.90. The predicted octanol–water partition coefficient (Wildman–Crippen LogP) is 2.29. The van der Waals surface area contributed by atoms with E-state index in [1.165, 1.54) is 5.56 Å². The van der Waals surface area contributed by atoms with E-state index in [1.54, 1.807) is 0 Å². The molecule has 0 fully saturated rings. The first-order valence-corrected chi connectivity index (χ1v) is 8.39. The summed E-state index contributed by atoms with van der Waals surface area (Å²) in [6, 6.07) is 10.5. The smallest absolute Gasteiger partial charge is 0.229 e. The standard InChI is InChI=1S/C17H20N4OS/c22-16(7-9-23)20-17-18-10-14-12-21(8-6-15(14)19-17)11-13-4-2-1-3-5-13/h1-5,10,23H,6-9,11-12H2,(H,18,19,20,22). The molecule has 1 N–H and O–H groups in total. The van der Waals surface area contributed by atoms with Gasteiger partial charge in [0, 0.05) is 44.2 Å². The number of nitrogens with zero attached hydrogens (tertiary/aromatic N) is 3. The first-order chi connectivity index (χ1) is 11.2. The van der Waals surface area contributed by atoms with Crippen molar-refractivity contribution in [3.8, 4) is 0 Å². The highest BCUT2D eigenvalue weighted by Crippen LogP contribution is 2.19. The second-order valence-corrected chi connectivity index (χ2v) is 6.08. The quantitative estimate of drug-likeness (QED) is 0.827. The Morgan fingerprint density at radius 2 is 2.13 bits per heavy atom. The molecule has 1 amide bonds. The highest BCUT2D eigenvalue weighted by atomic mass is 32.1. The molecule has 1 aromatic heterocycles. The molecule has 120 valence electrons. The van der Waals surface area contributed by atoms with E-state index < -0.39 is 0 Å². The van der Waals surface area contributed by atoms with Gasteiger partial charge in [-0.1, -0.05) is 30.3 Å². The number of nitrogens with one attached hydrogen (secondary N) is 1. The number of carbonyl (C=O) groups excluding carboxylic acids is 1. The summed E-state index contributed by atoms with van der Waals surface area (Å²) < 4.78 is 0. The molecular formula is C17H20N4OS. The van der Waals surface area contributed by atoms with Gasteiger partial charge in [-0.25, -0.2) is 9.97 Å². The molecule has 5 nitrogen and oxygen atoms in total. The Morgan fingerprint density at radius 1 is 1.30 bits per heavy atom. The lowest BCUT2D eigenvalue weighted by Gasteiger charge is -2.28. The summed E-state index contributed by atoms with van der Waals surface area (Å²) in [6.45, 7) is 2.73. The third-order valence-corrected chi connectivity index (χ3v) is 4.08. The van der Waals surface area contributed by atoms with Gasteiger partial charge in [0.15, 0.2) is 0 Å². The fourth-order valence-electron chi connectivity index (χ4n) is 2.70. The number of carbonyl (C=O) groups is 1. The molecule has 1 aromatic carbocycles. The van der Waals surface area contributed by atoms with Crippen LogP contribution in [0.4, 0.5) is 5.95 Å². The van der Waals surface area contributed by atoms with E-state index in [0.717, 1.165) is 37.3 Å². The largest absolute Gasteiger partial charge is 0.294 e. The van der Waals surface area contributed by atoms with Crippen LogP contribution in [0.15, 0.2) is 36.5 Å². The summed E-state index contributed by atoms with van der Waals surface area (Å²) in [6.07, 6.45) is 3.07. The number of hydrogen-bond donors (Lipinski definition) is 2. The van der Waals surface area contributed by atoms with Crippen molar-refractivity contribution >= 4 is 24.5 Å². The maximum absolute atomic E-state index is 11.6. The average molecular weight is 328 g/mol. The van der Waals surface area contributed by atoms with Gasteiger partial charge in [0.05, 0.1) is 5.69 Å². The van der Waals surface area contributed by atoms with Crippen LogP contribution >= 0.6 is 12.6 Å². The van der Waals surface area contributed by atoms with Crippen molar-refractivity contribution in [3.05, 3.63) is 53.3 Å². The molecule has 0 saturated heterocycles. The molecule has 0 radical (unpaired) electrons. The number of amides is 1. The average Bonchev–Trinajstić information content (AvgIpc) is 2.56. The molecule has 2 aromatic rings. The van der Waals surface area contributed by atoms with Crippen LogP contribution in [0.2, 0.25) is 0 Å². The minimum absolute atomic E-state index is 0.0959. The van der Waals surface area contributed by atoms with Crippen molar-refractivity contribution < 1.29 is 4.79 Å². The monoisotopic (exact) mass is 328 g/mol. The number of rotatable bonds is 5. The Balaban J connectivity index is 1.64. The van der Waals surface area contributed by atoms with Crippen LogP contribution in [0.5, 0.6) is 0 Å². The third kappa shape index (κ3) is 4.30. The second-order valence-electron chi connectivity index (χ2n) is 5.63. The van der Waals surface area contributed by atoms with E-state index in [0.29, 0.717) is 18.1 Å². The van der Waals surface area contributed by atoms with E-state index >= 15 is 0 Å². The first-order valence-electron chi connectivity index (χ1n) is 7.76. The second kappa shape index (κ2) is 7.57. The molecule has 2 heterocycles. The van der Waals surface area contributed by atoms with E-state index in [-0.39, 0.29) is 5.91 Å². The highest BCUT2D eigenvalue weighted by Gasteiger charge is 2.18. The van der Waals surface area contributed by atoms with Crippen LogP contribution in [0.25, 0.3) is 0 Å². The van der Waals surface area contributed by atoms with Crippen LogP contribution in [-0.4, -0.2) is 33.1 Å². The Labute approximate surface area is 141 Å². The number of hydrogen-bond acceptors (Lipinski definition) is 5. The molecule has 3 rings (SSSR count). The molecule has 0 aliphatic carbocycles. The lowest BCUT2D eigenvalue weighted by atomic mass is 10.1. The van der Waals surface area contributed by atoms with Crippen molar-refractivity contribution in [2.45, 2.75) is 25.9 Å². The zero-order valence-corrected chi connectivity index (χ0v) is 13.8. The van der Waals surface area contributed by atoms with Gasteiger partial charge in [-0.05, 0) is 11.3 Å². The van der Waals surface area contributed by atoms with Crippen molar-refractivity contribution in [1.82, 2.24) is 14.9 Å². The normalized spacial score (nSPS) is 14.3. The summed E-state index contributed by atoms with van der Waals surface area (Å²) in [5.41, 5.74) is 3.48. The number of fused-ring (bicyclic) bond motifs is 1. The summed E-state index contributed by atoms with van der Waals surface area (Å²) in [4.78, 5) is 22.7. The molecule has 1 aliphatic rings. The summed E-state index contributed by atoms with van der Waals surface area (Å²) in [5.74, 6) is 0.819. The predicted molar refractivity (Wildman–Crippen MR) is 93.4 cm³/mol. The molecule has 23 heavy (non-hydrogen) atoms. The lowest BCUT2D eigenvalue weighted by molar-refractivity contribution is -0.115. The van der Waals surface area contributed by atoms with E-state index in [9.17, 15) is 4.79 Å². The third-order valence-electron chi connectivity index (χ3n) is 3.85. The Hall–Kier alpha value is -1.92. The maximum Gasteiger partial charge on any atom is 0.229 e. The number of benzene rings is 1. The molecular weight excluding hydrogens is 308 g/mol. The minimum Gasteiger partial charge on any atom is -0.294 e. The van der Waals surface area contributed by atoms with Gasteiger partial charge >= 0.3 is 0 Å². The minimum atomic E-state index is -0.0959. The molecule has 1 aliphatic heterocycles. The van der Waals surface area contributed by atoms with Crippen LogP contribution in [0.1, 0.15) is 23.2 Å². The summed E-state index contributed by atoms with van der Waals surface area (Å²) >= 11 is 4.05. The van der Waals surface area contributed by atoms with Gasteiger partial charge in [-0.2, -0.15) is 12.6 Å². The van der Waals surface area contributed by atoms with Crippen molar-refractivity contribution in [1.29, 1.82) is 0 Å². The van der Waals surface area contributed by atoms with Gasteiger partial charge in [-0.3, -0.25) is 15.0 Å². The maximum atomic E-state index is 11.6. The number of anilines is 1. The van der Waals surface area contributed by atoms with Crippen LogP contribution in [0.3, 0.4) is 0 Å². The summed E-state index contributed by atoms with van der Waals surface area (Å²) in [7, 11) is 0.